The van der Waals surface area contributed by atoms with Crippen LogP contribution in [0.2, 0.25) is 0 Å². The molecule has 0 bridgehead atoms. The minimum atomic E-state index is 0.111. The van der Waals surface area contributed by atoms with Crippen molar-refractivity contribution in [3.05, 3.63) is 12.4 Å². The quantitative estimate of drug-likeness (QED) is 0.721. The van der Waals surface area contributed by atoms with Gasteiger partial charge in [-0.25, -0.2) is 4.98 Å². The van der Waals surface area contributed by atoms with E-state index in [1.165, 1.54) is 6.20 Å². The number of aromatic nitrogens is 2. The number of unbranched alkanes of at least 4 members (excludes halogenated alkanes) is 1. The second kappa shape index (κ2) is 6.19. The number of rotatable bonds is 6. The molecule has 0 fully saturated rings. The summed E-state index contributed by atoms with van der Waals surface area (Å²) >= 11 is 0. The van der Waals surface area contributed by atoms with Gasteiger partial charge in [0.15, 0.2) is 0 Å². The van der Waals surface area contributed by atoms with E-state index in [4.69, 9.17) is 10.8 Å². The van der Waals surface area contributed by atoms with Crippen molar-refractivity contribution in [1.29, 1.82) is 0 Å². The van der Waals surface area contributed by atoms with Crippen LogP contribution in [-0.2, 0) is 0 Å². The molecule has 0 aliphatic heterocycles. The Hall–Kier alpha value is -1.36. The topological polar surface area (TPSA) is 75.3 Å². The molecule has 1 rings (SSSR count). The van der Waals surface area contributed by atoms with E-state index in [0.29, 0.717) is 12.4 Å². The molecule has 15 heavy (non-hydrogen) atoms. The standard InChI is InChI=1S/C10H18N4O/c1-2-3-4-14(5-6-15)10-8-12-7-9(11)13-10/h7-8,15H,2-6H2,1H3,(H2,11,13). The number of aliphatic hydroxyl groups is 1. The molecule has 0 atom stereocenters. The van der Waals surface area contributed by atoms with Crippen LogP contribution in [0.15, 0.2) is 12.4 Å². The summed E-state index contributed by atoms with van der Waals surface area (Å²) in [7, 11) is 0. The van der Waals surface area contributed by atoms with Gasteiger partial charge in [0.1, 0.15) is 11.6 Å². The van der Waals surface area contributed by atoms with Crippen LogP contribution in [0.3, 0.4) is 0 Å². The van der Waals surface area contributed by atoms with Gasteiger partial charge in [-0.2, -0.15) is 0 Å². The average Bonchev–Trinajstić information content (AvgIpc) is 2.24. The van der Waals surface area contributed by atoms with E-state index in [1.54, 1.807) is 6.20 Å². The zero-order valence-corrected chi connectivity index (χ0v) is 9.06. The highest BCUT2D eigenvalue weighted by Gasteiger charge is 2.07. The fourth-order valence-corrected chi connectivity index (χ4v) is 1.33. The van der Waals surface area contributed by atoms with Gasteiger partial charge >= 0.3 is 0 Å². The van der Waals surface area contributed by atoms with Crippen LogP contribution in [0.25, 0.3) is 0 Å². The zero-order valence-electron chi connectivity index (χ0n) is 9.06. The summed E-state index contributed by atoms with van der Waals surface area (Å²) in [4.78, 5) is 10.2. The molecule has 1 aromatic heterocycles. The number of hydrogen-bond donors (Lipinski definition) is 2. The number of nitrogens with two attached hydrogens (primary N) is 1. The molecular weight excluding hydrogens is 192 g/mol. The average molecular weight is 210 g/mol. The third-order valence-electron chi connectivity index (χ3n) is 2.12. The van der Waals surface area contributed by atoms with Crippen LogP contribution < -0.4 is 10.6 Å². The molecule has 1 aromatic rings. The van der Waals surface area contributed by atoms with Gasteiger partial charge in [0.2, 0.25) is 0 Å². The highest BCUT2D eigenvalue weighted by atomic mass is 16.3. The Kier molecular flexibility index (Phi) is 4.83. The van der Waals surface area contributed by atoms with Crippen molar-refractivity contribution in [2.75, 3.05) is 30.3 Å². The predicted molar refractivity (Wildman–Crippen MR) is 60.7 cm³/mol. The van der Waals surface area contributed by atoms with Gasteiger partial charge in [-0.05, 0) is 6.42 Å². The van der Waals surface area contributed by atoms with Crippen LogP contribution in [0, 0.1) is 0 Å². The number of anilines is 2. The van der Waals surface area contributed by atoms with Gasteiger partial charge in [-0.1, -0.05) is 13.3 Å². The molecular formula is C10H18N4O. The molecule has 0 saturated heterocycles. The number of nitrogens with zero attached hydrogens (tertiary/aromatic N) is 3. The second-order valence-electron chi connectivity index (χ2n) is 3.37. The van der Waals surface area contributed by atoms with Gasteiger partial charge < -0.3 is 15.7 Å². The van der Waals surface area contributed by atoms with Crippen molar-refractivity contribution < 1.29 is 5.11 Å². The van der Waals surface area contributed by atoms with Crippen LogP contribution in [0.4, 0.5) is 11.6 Å². The Balaban J connectivity index is 2.69. The van der Waals surface area contributed by atoms with Crippen LogP contribution in [0.1, 0.15) is 19.8 Å². The first kappa shape index (κ1) is 11.7. The maximum atomic E-state index is 8.95. The third-order valence-corrected chi connectivity index (χ3v) is 2.12. The summed E-state index contributed by atoms with van der Waals surface area (Å²) < 4.78 is 0. The van der Waals surface area contributed by atoms with Crippen molar-refractivity contribution in [1.82, 2.24) is 9.97 Å². The van der Waals surface area contributed by atoms with E-state index in [-0.39, 0.29) is 6.61 Å². The molecule has 1 heterocycles. The normalized spacial score (nSPS) is 10.3. The van der Waals surface area contributed by atoms with Gasteiger partial charge in [0.25, 0.3) is 0 Å². The molecule has 5 nitrogen and oxygen atoms in total. The lowest BCUT2D eigenvalue weighted by atomic mass is 10.3. The Labute approximate surface area is 90.0 Å². The summed E-state index contributed by atoms with van der Waals surface area (Å²) in [6.07, 6.45) is 5.36. The zero-order chi connectivity index (χ0) is 11.1. The Morgan fingerprint density at radius 2 is 2.20 bits per heavy atom. The molecule has 0 aromatic carbocycles. The summed E-state index contributed by atoms with van der Waals surface area (Å²) in [5.74, 6) is 1.14. The lowest BCUT2D eigenvalue weighted by Gasteiger charge is -2.22. The van der Waals surface area contributed by atoms with Crippen molar-refractivity contribution in [3.63, 3.8) is 0 Å². The second-order valence-corrected chi connectivity index (χ2v) is 3.37. The van der Waals surface area contributed by atoms with Crippen molar-refractivity contribution >= 4 is 11.6 Å². The monoisotopic (exact) mass is 210 g/mol. The largest absolute Gasteiger partial charge is 0.395 e. The molecule has 84 valence electrons. The maximum absolute atomic E-state index is 8.95. The molecule has 0 aliphatic rings. The van der Waals surface area contributed by atoms with Gasteiger partial charge in [0, 0.05) is 13.1 Å². The van der Waals surface area contributed by atoms with Gasteiger partial charge in [0.05, 0.1) is 19.0 Å². The fourth-order valence-electron chi connectivity index (χ4n) is 1.33. The van der Waals surface area contributed by atoms with Gasteiger partial charge in [-0.15, -0.1) is 0 Å². The van der Waals surface area contributed by atoms with E-state index < -0.39 is 0 Å². The van der Waals surface area contributed by atoms with E-state index in [2.05, 4.69) is 16.9 Å². The highest BCUT2D eigenvalue weighted by Crippen LogP contribution is 2.11. The summed E-state index contributed by atoms with van der Waals surface area (Å²) in [5.41, 5.74) is 5.56. The molecule has 0 saturated carbocycles. The Morgan fingerprint density at radius 1 is 1.40 bits per heavy atom. The first-order chi connectivity index (χ1) is 7.27. The van der Waals surface area contributed by atoms with Crippen molar-refractivity contribution in [2.45, 2.75) is 19.8 Å². The third kappa shape index (κ3) is 3.71. The molecule has 0 amide bonds. The lowest BCUT2D eigenvalue weighted by molar-refractivity contribution is 0.301. The van der Waals surface area contributed by atoms with Crippen LogP contribution >= 0.6 is 0 Å². The van der Waals surface area contributed by atoms with Crippen LogP contribution in [-0.4, -0.2) is 34.8 Å². The Bertz CT molecular complexity index is 293. The highest BCUT2D eigenvalue weighted by molar-refractivity contribution is 5.41. The SMILES string of the molecule is CCCCN(CCO)c1cncc(N)n1. The smallest absolute Gasteiger partial charge is 0.149 e. The fraction of sp³-hybridized carbons (Fsp3) is 0.600. The van der Waals surface area contributed by atoms with E-state index in [1.807, 2.05) is 4.90 Å². The number of aliphatic hydroxyl groups excluding tert-OH is 1. The minimum absolute atomic E-state index is 0.111. The van der Waals surface area contributed by atoms with Crippen molar-refractivity contribution in [2.24, 2.45) is 0 Å². The molecule has 0 aliphatic carbocycles. The van der Waals surface area contributed by atoms with E-state index in [9.17, 15) is 0 Å². The summed E-state index contributed by atoms with van der Waals surface area (Å²) in [6, 6.07) is 0. The lowest BCUT2D eigenvalue weighted by Crippen LogP contribution is -2.28. The minimum Gasteiger partial charge on any atom is -0.395 e. The Morgan fingerprint density at radius 3 is 2.80 bits per heavy atom. The first-order valence-corrected chi connectivity index (χ1v) is 5.21. The van der Waals surface area contributed by atoms with E-state index >= 15 is 0 Å². The summed E-state index contributed by atoms with van der Waals surface area (Å²) in [5, 5.41) is 8.95. The first-order valence-electron chi connectivity index (χ1n) is 5.21. The van der Waals surface area contributed by atoms with Crippen molar-refractivity contribution in [3.8, 4) is 0 Å². The number of nitrogen functional groups attached to an aromatic ring is 1. The molecule has 0 radical (unpaired) electrons. The molecule has 0 spiro atoms. The van der Waals surface area contributed by atoms with Crippen LogP contribution in [0.5, 0.6) is 0 Å². The van der Waals surface area contributed by atoms with E-state index in [0.717, 1.165) is 25.2 Å². The summed E-state index contributed by atoms with van der Waals surface area (Å²) in [6.45, 7) is 3.68. The van der Waals surface area contributed by atoms with Gasteiger partial charge in [-0.3, -0.25) is 4.98 Å². The predicted octanol–water partition coefficient (Wildman–Crippen LogP) is 0.658. The maximum Gasteiger partial charge on any atom is 0.149 e. The molecule has 3 N–H and O–H groups in total. The number of hydrogen-bond acceptors (Lipinski definition) is 5. The molecule has 5 heteroatoms. The molecule has 0 unspecified atom stereocenters.